The lowest BCUT2D eigenvalue weighted by Crippen LogP contribution is -2.39. The van der Waals surface area contributed by atoms with E-state index in [0.29, 0.717) is 22.9 Å². The fourth-order valence-corrected chi connectivity index (χ4v) is 3.31. The van der Waals surface area contributed by atoms with Crippen LogP contribution < -0.4 is 10.5 Å². The second-order valence-electron chi connectivity index (χ2n) is 6.35. The van der Waals surface area contributed by atoms with Gasteiger partial charge in [0.15, 0.2) is 0 Å². The summed E-state index contributed by atoms with van der Waals surface area (Å²) in [6, 6.07) is 10.7. The van der Waals surface area contributed by atoms with E-state index in [0.717, 1.165) is 5.56 Å². The molecule has 0 aromatic heterocycles. The number of hydrogen-bond donors (Lipinski definition) is 1. The van der Waals surface area contributed by atoms with Gasteiger partial charge < -0.3 is 10.5 Å². The molecule has 138 valence electrons. The van der Waals surface area contributed by atoms with Crippen LogP contribution in [0.15, 0.2) is 42.5 Å². The Kier molecular flexibility index (Phi) is 5.74. The second-order valence-corrected chi connectivity index (χ2v) is 6.76. The van der Waals surface area contributed by atoms with E-state index in [4.69, 9.17) is 22.1 Å². The van der Waals surface area contributed by atoms with Crippen molar-refractivity contribution in [3.63, 3.8) is 0 Å². The van der Waals surface area contributed by atoms with Crippen LogP contribution in [0.5, 0.6) is 5.75 Å². The number of benzene rings is 2. The average Bonchev–Trinajstić information content (AvgIpc) is 2.96. The van der Waals surface area contributed by atoms with E-state index in [2.05, 4.69) is 0 Å². The van der Waals surface area contributed by atoms with Gasteiger partial charge in [-0.25, -0.2) is 8.78 Å². The molecule has 1 heterocycles. The molecule has 0 bridgehead atoms. The number of primary amides is 1. The van der Waals surface area contributed by atoms with Crippen LogP contribution in [-0.2, 0) is 17.9 Å². The van der Waals surface area contributed by atoms with E-state index >= 15 is 0 Å². The molecule has 2 atom stereocenters. The summed E-state index contributed by atoms with van der Waals surface area (Å²) in [5, 5.41) is 0.451. The van der Waals surface area contributed by atoms with Gasteiger partial charge >= 0.3 is 0 Å². The largest absolute Gasteiger partial charge is 0.489 e. The summed E-state index contributed by atoms with van der Waals surface area (Å²) in [4.78, 5) is 13.2. The zero-order chi connectivity index (χ0) is 18.7. The number of ether oxygens (including phenoxy) is 1. The molecule has 0 radical (unpaired) electrons. The molecule has 0 spiro atoms. The van der Waals surface area contributed by atoms with E-state index in [1.165, 1.54) is 12.1 Å². The minimum atomic E-state index is -1.07. The SMILES string of the molecule is NC(=O)[C@@H]1C[C@@H](F)CN1Cc1ccc(OCc2cccc(F)c2)cc1Cl. The van der Waals surface area contributed by atoms with Crippen LogP contribution in [-0.4, -0.2) is 29.6 Å². The van der Waals surface area contributed by atoms with Gasteiger partial charge in [0.05, 0.1) is 6.04 Å². The number of nitrogens with two attached hydrogens (primary N) is 1. The predicted molar refractivity (Wildman–Crippen MR) is 95.1 cm³/mol. The van der Waals surface area contributed by atoms with Crippen molar-refractivity contribution in [1.82, 2.24) is 4.90 Å². The first-order valence-electron chi connectivity index (χ1n) is 8.25. The lowest BCUT2D eigenvalue weighted by atomic mass is 10.1. The van der Waals surface area contributed by atoms with Crippen molar-refractivity contribution < 1.29 is 18.3 Å². The van der Waals surface area contributed by atoms with Crippen LogP contribution in [0.2, 0.25) is 5.02 Å². The number of amides is 1. The fraction of sp³-hybridized carbons (Fsp3) is 0.316. The van der Waals surface area contributed by atoms with Crippen LogP contribution in [0.4, 0.5) is 8.78 Å². The molecule has 2 aromatic rings. The zero-order valence-electron chi connectivity index (χ0n) is 14.0. The molecule has 1 amide bonds. The van der Waals surface area contributed by atoms with Crippen LogP contribution >= 0.6 is 11.6 Å². The normalized spacial score (nSPS) is 20.3. The van der Waals surface area contributed by atoms with Gasteiger partial charge in [-0.05, 0) is 35.4 Å². The average molecular weight is 381 g/mol. The van der Waals surface area contributed by atoms with Gasteiger partial charge in [0.2, 0.25) is 5.91 Å². The van der Waals surface area contributed by atoms with Crippen LogP contribution in [0.1, 0.15) is 17.5 Å². The number of alkyl halides is 1. The summed E-state index contributed by atoms with van der Waals surface area (Å²) in [6.45, 7) is 0.700. The Bertz CT molecular complexity index is 803. The van der Waals surface area contributed by atoms with Crippen molar-refractivity contribution in [2.24, 2.45) is 5.73 Å². The summed E-state index contributed by atoms with van der Waals surface area (Å²) in [5.41, 5.74) is 6.81. The molecule has 4 nitrogen and oxygen atoms in total. The van der Waals surface area contributed by atoms with Crippen molar-refractivity contribution in [2.75, 3.05) is 6.54 Å². The van der Waals surface area contributed by atoms with Gasteiger partial charge in [0.1, 0.15) is 24.3 Å². The van der Waals surface area contributed by atoms with E-state index in [1.54, 1.807) is 35.2 Å². The van der Waals surface area contributed by atoms with Gasteiger partial charge in [-0.1, -0.05) is 29.8 Å². The van der Waals surface area contributed by atoms with Crippen LogP contribution in [0.25, 0.3) is 0 Å². The minimum absolute atomic E-state index is 0.113. The first-order valence-corrected chi connectivity index (χ1v) is 8.63. The third-order valence-corrected chi connectivity index (χ3v) is 4.73. The number of likely N-dealkylation sites (tertiary alicyclic amines) is 1. The third-order valence-electron chi connectivity index (χ3n) is 4.37. The molecule has 26 heavy (non-hydrogen) atoms. The van der Waals surface area contributed by atoms with Crippen molar-refractivity contribution in [2.45, 2.75) is 31.8 Å². The number of halogens is 3. The molecule has 2 aromatic carbocycles. The summed E-state index contributed by atoms with van der Waals surface area (Å²) < 4.78 is 32.4. The van der Waals surface area contributed by atoms with Gasteiger partial charge in [-0.15, -0.1) is 0 Å². The maximum absolute atomic E-state index is 13.6. The quantitative estimate of drug-likeness (QED) is 0.835. The molecular weight excluding hydrogens is 362 g/mol. The first-order chi connectivity index (χ1) is 12.4. The van der Waals surface area contributed by atoms with E-state index < -0.39 is 18.1 Å². The Balaban J connectivity index is 1.65. The van der Waals surface area contributed by atoms with Gasteiger partial charge in [0.25, 0.3) is 0 Å². The van der Waals surface area contributed by atoms with E-state index in [-0.39, 0.29) is 25.4 Å². The molecular formula is C19H19ClF2N2O2. The Morgan fingerprint density at radius 2 is 2.12 bits per heavy atom. The van der Waals surface area contributed by atoms with E-state index in [1.807, 2.05) is 0 Å². The molecule has 1 saturated heterocycles. The predicted octanol–water partition coefficient (Wildman–Crippen LogP) is 3.46. The Hall–Kier alpha value is -2.18. The molecule has 0 saturated carbocycles. The Morgan fingerprint density at radius 1 is 1.31 bits per heavy atom. The smallest absolute Gasteiger partial charge is 0.234 e. The lowest BCUT2D eigenvalue weighted by Gasteiger charge is -2.22. The maximum Gasteiger partial charge on any atom is 0.234 e. The van der Waals surface area contributed by atoms with Crippen molar-refractivity contribution in [3.8, 4) is 5.75 Å². The minimum Gasteiger partial charge on any atom is -0.489 e. The topological polar surface area (TPSA) is 55.6 Å². The summed E-state index contributed by atoms with van der Waals surface area (Å²) in [7, 11) is 0. The molecule has 7 heteroatoms. The highest BCUT2D eigenvalue weighted by atomic mass is 35.5. The monoisotopic (exact) mass is 380 g/mol. The number of rotatable bonds is 6. The first kappa shape index (κ1) is 18.6. The number of carbonyl (C=O) groups is 1. The molecule has 1 fully saturated rings. The van der Waals surface area contributed by atoms with Gasteiger partial charge in [-0.2, -0.15) is 0 Å². The van der Waals surface area contributed by atoms with E-state index in [9.17, 15) is 13.6 Å². The summed E-state index contributed by atoms with van der Waals surface area (Å²) in [6.07, 6.45) is -0.956. The molecule has 0 unspecified atom stereocenters. The van der Waals surface area contributed by atoms with Crippen molar-refractivity contribution in [3.05, 3.63) is 64.4 Å². The molecule has 1 aliphatic rings. The molecule has 2 N–H and O–H groups in total. The highest BCUT2D eigenvalue weighted by molar-refractivity contribution is 6.31. The fourth-order valence-electron chi connectivity index (χ4n) is 3.08. The maximum atomic E-state index is 13.6. The second kappa shape index (κ2) is 8.01. The molecule has 1 aliphatic heterocycles. The standard InChI is InChI=1S/C19H19ClF2N2O2/c20-17-8-16(26-11-12-2-1-3-14(21)6-12)5-4-13(17)9-24-10-15(22)7-18(24)19(23)25/h1-6,8,15,18H,7,9-11H2,(H2,23,25)/t15-,18+/m1/s1. The number of hydrogen-bond acceptors (Lipinski definition) is 3. The van der Waals surface area contributed by atoms with Crippen molar-refractivity contribution >= 4 is 17.5 Å². The lowest BCUT2D eigenvalue weighted by molar-refractivity contribution is -0.122. The summed E-state index contributed by atoms with van der Waals surface area (Å²) >= 11 is 6.30. The highest BCUT2D eigenvalue weighted by Gasteiger charge is 2.35. The number of nitrogens with zero attached hydrogens (tertiary/aromatic N) is 1. The van der Waals surface area contributed by atoms with Crippen LogP contribution in [0, 0.1) is 5.82 Å². The van der Waals surface area contributed by atoms with Crippen LogP contribution in [0.3, 0.4) is 0 Å². The van der Waals surface area contributed by atoms with Crippen molar-refractivity contribution in [1.29, 1.82) is 0 Å². The number of carbonyl (C=O) groups excluding carboxylic acids is 1. The highest BCUT2D eigenvalue weighted by Crippen LogP contribution is 2.28. The Morgan fingerprint density at radius 3 is 2.81 bits per heavy atom. The summed E-state index contributed by atoms with van der Waals surface area (Å²) in [5.74, 6) is -0.309. The zero-order valence-corrected chi connectivity index (χ0v) is 14.8. The third kappa shape index (κ3) is 4.51. The van der Waals surface area contributed by atoms with Gasteiger partial charge in [0, 0.05) is 24.5 Å². The molecule has 0 aliphatic carbocycles. The Labute approximate surface area is 155 Å². The van der Waals surface area contributed by atoms with Gasteiger partial charge in [-0.3, -0.25) is 9.69 Å². The molecule has 3 rings (SSSR count).